The van der Waals surface area contributed by atoms with Gasteiger partial charge in [0, 0.05) is 22.2 Å². The van der Waals surface area contributed by atoms with Crippen molar-refractivity contribution in [2.45, 2.75) is 0 Å². The predicted molar refractivity (Wildman–Crippen MR) is 133 cm³/mol. The molecular formula is C24H14Cl2N4O4. The number of para-hydroxylation sites is 4. The van der Waals surface area contributed by atoms with Crippen LogP contribution in [0.3, 0.4) is 0 Å². The van der Waals surface area contributed by atoms with Crippen LogP contribution >= 0.6 is 23.2 Å². The summed E-state index contributed by atoms with van der Waals surface area (Å²) in [5.74, 6) is 0. The molecule has 1 aliphatic heterocycles. The molecule has 1 aliphatic rings. The van der Waals surface area contributed by atoms with Crippen LogP contribution in [0.4, 0.5) is 45.5 Å². The summed E-state index contributed by atoms with van der Waals surface area (Å²) in [7, 11) is 0. The highest BCUT2D eigenvalue weighted by molar-refractivity contribution is 6.31. The molecule has 0 amide bonds. The summed E-state index contributed by atoms with van der Waals surface area (Å²) >= 11 is 12.1. The zero-order chi connectivity index (χ0) is 24.0. The second-order valence-corrected chi connectivity index (χ2v) is 8.30. The van der Waals surface area contributed by atoms with Crippen LogP contribution in [0.5, 0.6) is 0 Å². The summed E-state index contributed by atoms with van der Waals surface area (Å²) in [6.07, 6.45) is 0. The van der Waals surface area contributed by atoms with Crippen molar-refractivity contribution in [3.63, 3.8) is 0 Å². The smallest absolute Gasteiger partial charge is 0.294 e. The molecule has 0 spiro atoms. The SMILES string of the molecule is O=[N+]([O-])c1cc(Cl)ccc1N1c2ccccc2N(c2ccc(Cl)cc2[N+](=O)[O-])c2ccccc21. The maximum Gasteiger partial charge on any atom is 0.294 e. The Morgan fingerprint density at radius 1 is 0.529 bits per heavy atom. The van der Waals surface area contributed by atoms with E-state index in [4.69, 9.17) is 23.2 Å². The number of hydrogen-bond donors (Lipinski definition) is 0. The first-order chi connectivity index (χ1) is 16.4. The molecule has 0 saturated heterocycles. The highest BCUT2D eigenvalue weighted by Crippen LogP contribution is 2.56. The van der Waals surface area contributed by atoms with Crippen LogP contribution in [0.15, 0.2) is 84.9 Å². The Hall–Kier alpha value is -4.14. The lowest BCUT2D eigenvalue weighted by Crippen LogP contribution is -2.24. The molecule has 10 heteroatoms. The lowest BCUT2D eigenvalue weighted by atomic mass is 10.0. The van der Waals surface area contributed by atoms with E-state index in [-0.39, 0.29) is 21.4 Å². The fourth-order valence-electron chi connectivity index (χ4n) is 4.13. The zero-order valence-electron chi connectivity index (χ0n) is 17.3. The second-order valence-electron chi connectivity index (χ2n) is 7.43. The molecule has 0 aromatic heterocycles. The van der Waals surface area contributed by atoms with Gasteiger partial charge in [-0.05, 0) is 48.5 Å². The van der Waals surface area contributed by atoms with Gasteiger partial charge < -0.3 is 9.80 Å². The minimum Gasteiger partial charge on any atom is -0.300 e. The van der Waals surface area contributed by atoms with Crippen molar-refractivity contribution in [1.82, 2.24) is 0 Å². The molecule has 0 radical (unpaired) electrons. The van der Waals surface area contributed by atoms with Crippen molar-refractivity contribution >= 4 is 68.7 Å². The summed E-state index contributed by atoms with van der Waals surface area (Å²) < 4.78 is 0. The molecule has 4 aromatic carbocycles. The lowest BCUT2D eigenvalue weighted by molar-refractivity contribution is -0.384. The van der Waals surface area contributed by atoms with Gasteiger partial charge in [-0.3, -0.25) is 20.2 Å². The third-order valence-electron chi connectivity index (χ3n) is 5.48. The molecule has 168 valence electrons. The van der Waals surface area contributed by atoms with Crippen LogP contribution < -0.4 is 9.80 Å². The molecule has 5 rings (SSSR count). The summed E-state index contributed by atoms with van der Waals surface area (Å²) in [6.45, 7) is 0. The molecule has 0 unspecified atom stereocenters. The monoisotopic (exact) mass is 492 g/mol. The first-order valence-electron chi connectivity index (χ1n) is 10.0. The van der Waals surface area contributed by atoms with Crippen molar-refractivity contribution < 1.29 is 9.85 Å². The van der Waals surface area contributed by atoms with Crippen molar-refractivity contribution in [1.29, 1.82) is 0 Å². The maximum atomic E-state index is 11.9. The molecule has 0 N–H and O–H groups in total. The van der Waals surface area contributed by atoms with E-state index in [1.807, 2.05) is 0 Å². The topological polar surface area (TPSA) is 92.8 Å². The van der Waals surface area contributed by atoms with E-state index in [9.17, 15) is 20.2 Å². The minimum atomic E-state index is -0.483. The van der Waals surface area contributed by atoms with E-state index in [0.717, 1.165) is 0 Å². The summed E-state index contributed by atoms with van der Waals surface area (Å²) in [6, 6.07) is 23.4. The van der Waals surface area contributed by atoms with Crippen molar-refractivity contribution in [2.24, 2.45) is 0 Å². The van der Waals surface area contributed by atoms with Gasteiger partial charge >= 0.3 is 0 Å². The molecule has 0 bridgehead atoms. The molecule has 0 fully saturated rings. The largest absolute Gasteiger partial charge is 0.300 e. The van der Waals surface area contributed by atoms with E-state index < -0.39 is 9.85 Å². The van der Waals surface area contributed by atoms with Crippen LogP contribution in [-0.2, 0) is 0 Å². The Morgan fingerprint density at radius 2 is 0.853 bits per heavy atom. The Labute approximate surface area is 203 Å². The number of halogens is 2. The van der Waals surface area contributed by atoms with Crippen molar-refractivity contribution in [2.75, 3.05) is 9.80 Å². The van der Waals surface area contributed by atoms with E-state index >= 15 is 0 Å². The standard InChI is InChI=1S/C24H14Cl2N4O4/c25-15-9-11-21(23(13-15)29(31)32)27-17-5-1-2-6-18(17)28(20-8-4-3-7-19(20)27)22-12-10-16(26)14-24(22)30(33)34/h1-14H. The van der Waals surface area contributed by atoms with E-state index in [1.54, 1.807) is 82.6 Å². The lowest BCUT2D eigenvalue weighted by Gasteiger charge is -2.39. The number of nitro benzene ring substituents is 2. The highest BCUT2D eigenvalue weighted by Gasteiger charge is 2.35. The Balaban J connectivity index is 1.83. The molecule has 0 aliphatic carbocycles. The number of fused-ring (bicyclic) bond motifs is 2. The number of rotatable bonds is 4. The number of anilines is 6. The average molecular weight is 493 g/mol. The van der Waals surface area contributed by atoms with E-state index in [2.05, 4.69) is 0 Å². The third-order valence-corrected chi connectivity index (χ3v) is 5.95. The number of hydrogen-bond acceptors (Lipinski definition) is 6. The van der Waals surface area contributed by atoms with E-state index in [0.29, 0.717) is 34.1 Å². The molecular weight excluding hydrogens is 479 g/mol. The Bertz CT molecular complexity index is 1320. The summed E-state index contributed by atoms with van der Waals surface area (Å²) in [4.78, 5) is 26.4. The number of nitrogens with zero attached hydrogens (tertiary/aromatic N) is 4. The normalized spacial score (nSPS) is 12.2. The molecule has 0 saturated carbocycles. The van der Waals surface area contributed by atoms with Crippen LogP contribution in [-0.4, -0.2) is 9.85 Å². The maximum absolute atomic E-state index is 11.9. The van der Waals surface area contributed by atoms with Gasteiger partial charge in [-0.25, -0.2) is 0 Å². The van der Waals surface area contributed by atoms with Gasteiger partial charge in [0.05, 0.1) is 32.6 Å². The molecule has 34 heavy (non-hydrogen) atoms. The summed E-state index contributed by atoms with van der Waals surface area (Å²) in [5, 5.41) is 24.3. The van der Waals surface area contributed by atoms with Gasteiger partial charge in [0.15, 0.2) is 0 Å². The molecule has 4 aromatic rings. The van der Waals surface area contributed by atoms with Crippen LogP contribution in [0, 0.1) is 20.2 Å². The number of nitro groups is 2. The third kappa shape index (κ3) is 3.49. The predicted octanol–water partition coefficient (Wildman–Crippen LogP) is 8.06. The van der Waals surface area contributed by atoms with Gasteiger partial charge in [0.2, 0.25) is 0 Å². The Morgan fingerprint density at radius 3 is 1.15 bits per heavy atom. The van der Waals surface area contributed by atoms with Crippen molar-refractivity contribution in [3.8, 4) is 0 Å². The van der Waals surface area contributed by atoms with Gasteiger partial charge in [-0.15, -0.1) is 0 Å². The van der Waals surface area contributed by atoms with Gasteiger partial charge in [0.25, 0.3) is 11.4 Å². The fraction of sp³-hybridized carbons (Fsp3) is 0. The van der Waals surface area contributed by atoms with Crippen molar-refractivity contribution in [3.05, 3.63) is 115 Å². The number of benzene rings is 4. The second kappa shape index (κ2) is 8.33. The molecule has 1 heterocycles. The van der Waals surface area contributed by atoms with Gasteiger partial charge in [0.1, 0.15) is 11.4 Å². The average Bonchev–Trinajstić information content (AvgIpc) is 2.83. The van der Waals surface area contributed by atoms with Crippen LogP contribution in [0.2, 0.25) is 10.0 Å². The Kier molecular flexibility index (Phi) is 5.31. The van der Waals surface area contributed by atoms with Gasteiger partial charge in [-0.2, -0.15) is 0 Å². The zero-order valence-corrected chi connectivity index (χ0v) is 18.8. The molecule has 8 nitrogen and oxygen atoms in total. The first kappa shape index (κ1) is 21.7. The molecule has 0 atom stereocenters. The minimum absolute atomic E-state index is 0.164. The summed E-state index contributed by atoms with van der Waals surface area (Å²) in [5.41, 5.74) is 2.74. The highest BCUT2D eigenvalue weighted by atomic mass is 35.5. The van der Waals surface area contributed by atoms with Gasteiger partial charge in [-0.1, -0.05) is 47.5 Å². The van der Waals surface area contributed by atoms with E-state index in [1.165, 1.54) is 12.1 Å². The quantitative estimate of drug-likeness (QED) is 0.186. The van der Waals surface area contributed by atoms with Crippen LogP contribution in [0.1, 0.15) is 0 Å². The van der Waals surface area contributed by atoms with Crippen LogP contribution in [0.25, 0.3) is 0 Å². The first-order valence-corrected chi connectivity index (χ1v) is 10.8. The fourth-order valence-corrected chi connectivity index (χ4v) is 4.46.